The van der Waals surface area contributed by atoms with Crippen LogP contribution in [0.4, 0.5) is 0 Å². The Morgan fingerprint density at radius 1 is 1.03 bits per heavy atom. The molecule has 1 N–H and O–H groups in total. The summed E-state index contributed by atoms with van der Waals surface area (Å²) >= 11 is 0. The molecule has 2 saturated carbocycles. The van der Waals surface area contributed by atoms with E-state index in [-0.39, 0.29) is 31.6 Å². The molecule has 1 aromatic heterocycles. The second-order valence-corrected chi connectivity index (χ2v) is 12.5. The maximum atomic E-state index is 11.2. The Morgan fingerprint density at radius 3 is 2.38 bits per heavy atom. The summed E-state index contributed by atoms with van der Waals surface area (Å²) in [6, 6.07) is 17.1. The van der Waals surface area contributed by atoms with Gasteiger partial charge in [-0.25, -0.2) is 0 Å². The zero-order valence-electron chi connectivity index (χ0n) is 24.4. The minimum Gasteiger partial charge on any atom is -0.512 e. The molecule has 0 amide bonds. The number of nitrogens with zero attached hydrogens (tertiary/aromatic N) is 1. The van der Waals surface area contributed by atoms with Gasteiger partial charge in [-0.05, 0) is 76.9 Å². The molecule has 4 heteroatoms. The molecule has 3 nitrogen and oxygen atoms in total. The van der Waals surface area contributed by atoms with Gasteiger partial charge in [0.25, 0.3) is 0 Å². The normalized spacial score (nSPS) is 20.2. The van der Waals surface area contributed by atoms with Gasteiger partial charge in [0.2, 0.25) is 0 Å². The predicted octanol–water partition coefficient (Wildman–Crippen LogP) is 9.31. The Bertz CT molecular complexity index is 1290. The fourth-order valence-electron chi connectivity index (χ4n) is 6.43. The van der Waals surface area contributed by atoms with Gasteiger partial charge < -0.3 is 10.1 Å². The third-order valence-electron chi connectivity index (χ3n) is 7.91. The van der Waals surface area contributed by atoms with E-state index in [4.69, 9.17) is 4.98 Å². The fraction of sp³-hybridized carbons (Fsp3) is 0.486. The quantitative estimate of drug-likeness (QED) is 0.152. The SMILES string of the molecule is CC(C)CC(=O)/C=C(\O)CC(C)C.Cc1[c-]c(-c2nccc3ccc(C4CC5CCC4C5)cc23)cc(C)c1.[Ir]. The van der Waals surface area contributed by atoms with Crippen LogP contribution in [0.3, 0.4) is 0 Å². The van der Waals surface area contributed by atoms with Crippen LogP contribution in [-0.2, 0) is 24.9 Å². The molecule has 1 heterocycles. The summed E-state index contributed by atoms with van der Waals surface area (Å²) in [5, 5.41) is 11.9. The number of carbonyl (C=O) groups is 1. The van der Waals surface area contributed by atoms with Crippen molar-refractivity contribution in [3.8, 4) is 11.3 Å². The fourth-order valence-corrected chi connectivity index (χ4v) is 6.43. The molecule has 2 bridgehead atoms. The molecule has 2 aliphatic carbocycles. The molecule has 5 rings (SSSR count). The van der Waals surface area contributed by atoms with Crippen LogP contribution in [0.25, 0.3) is 22.0 Å². The van der Waals surface area contributed by atoms with E-state index in [0.717, 1.165) is 29.0 Å². The van der Waals surface area contributed by atoms with Crippen LogP contribution in [0.1, 0.15) is 88.8 Å². The third kappa shape index (κ3) is 8.35. The number of fused-ring (bicyclic) bond motifs is 3. The average molecular weight is 703 g/mol. The van der Waals surface area contributed by atoms with Gasteiger partial charge in [0.1, 0.15) is 0 Å². The molecule has 2 fully saturated rings. The van der Waals surface area contributed by atoms with Crippen LogP contribution in [0.15, 0.2) is 54.4 Å². The molecule has 39 heavy (non-hydrogen) atoms. The summed E-state index contributed by atoms with van der Waals surface area (Å²) in [7, 11) is 0. The third-order valence-corrected chi connectivity index (χ3v) is 7.91. The number of aryl methyl sites for hydroxylation is 2. The first-order valence-electron chi connectivity index (χ1n) is 14.4. The summed E-state index contributed by atoms with van der Waals surface area (Å²) in [5.41, 5.74) is 6.17. The maximum Gasteiger partial charge on any atom is 0.159 e. The molecule has 3 aromatic rings. The Hall–Kier alpha value is -2.29. The van der Waals surface area contributed by atoms with Crippen LogP contribution in [-0.4, -0.2) is 15.9 Å². The summed E-state index contributed by atoms with van der Waals surface area (Å²) in [5.74, 6) is 3.63. The first-order valence-corrected chi connectivity index (χ1v) is 14.4. The van der Waals surface area contributed by atoms with Gasteiger partial charge in [0.15, 0.2) is 5.78 Å². The van der Waals surface area contributed by atoms with Gasteiger partial charge in [0.05, 0.1) is 5.76 Å². The first-order chi connectivity index (χ1) is 18.1. The van der Waals surface area contributed by atoms with Crippen molar-refractivity contribution in [2.75, 3.05) is 0 Å². The zero-order chi connectivity index (χ0) is 27.4. The van der Waals surface area contributed by atoms with Gasteiger partial charge in [0, 0.05) is 45.2 Å². The molecule has 0 saturated heterocycles. The summed E-state index contributed by atoms with van der Waals surface area (Å²) < 4.78 is 0. The molecule has 2 aliphatic rings. The molecule has 3 unspecified atom stereocenters. The van der Waals surface area contributed by atoms with Crippen LogP contribution in [0.5, 0.6) is 0 Å². The number of aliphatic hydroxyl groups is 1. The van der Waals surface area contributed by atoms with Gasteiger partial charge in [-0.3, -0.25) is 4.79 Å². The van der Waals surface area contributed by atoms with Crippen molar-refractivity contribution in [1.29, 1.82) is 0 Å². The van der Waals surface area contributed by atoms with Crippen LogP contribution >= 0.6 is 0 Å². The first kappa shape index (κ1) is 31.2. The van der Waals surface area contributed by atoms with Crippen LogP contribution in [0.2, 0.25) is 0 Å². The summed E-state index contributed by atoms with van der Waals surface area (Å²) in [4.78, 5) is 16.0. The average Bonchev–Trinajstić information content (AvgIpc) is 3.46. The number of pyridine rings is 1. The molecular weight excluding hydrogens is 659 g/mol. The van der Waals surface area contributed by atoms with E-state index in [1.165, 1.54) is 59.2 Å². The Balaban J connectivity index is 0.000000260. The van der Waals surface area contributed by atoms with Crippen molar-refractivity contribution in [3.63, 3.8) is 0 Å². The van der Waals surface area contributed by atoms with Crippen molar-refractivity contribution in [2.45, 2.75) is 86.0 Å². The number of aromatic nitrogens is 1. The maximum absolute atomic E-state index is 11.2. The van der Waals surface area contributed by atoms with E-state index in [1.54, 1.807) is 0 Å². The van der Waals surface area contributed by atoms with E-state index in [1.807, 2.05) is 33.9 Å². The second kappa shape index (κ2) is 13.9. The van der Waals surface area contributed by atoms with Crippen molar-refractivity contribution in [2.24, 2.45) is 23.7 Å². The smallest absolute Gasteiger partial charge is 0.159 e. The topological polar surface area (TPSA) is 50.2 Å². The van der Waals surface area contributed by atoms with Gasteiger partial charge in [-0.1, -0.05) is 66.2 Å². The molecule has 0 spiro atoms. The summed E-state index contributed by atoms with van der Waals surface area (Å²) in [6.07, 6.45) is 10.1. The number of carbonyl (C=O) groups excluding carboxylic acids is 1. The van der Waals surface area contributed by atoms with Crippen LogP contribution in [0, 0.1) is 43.6 Å². The molecule has 0 aliphatic heterocycles. The largest absolute Gasteiger partial charge is 0.512 e. The molecule has 211 valence electrons. The minimum atomic E-state index is 0. The van der Waals surface area contributed by atoms with Crippen molar-refractivity contribution in [3.05, 3.63) is 77.2 Å². The number of aliphatic hydroxyl groups excluding tert-OH is 1. The van der Waals surface area contributed by atoms with Gasteiger partial charge >= 0.3 is 0 Å². The van der Waals surface area contributed by atoms with Crippen molar-refractivity contribution < 1.29 is 30.0 Å². The Morgan fingerprint density at radius 2 is 1.77 bits per heavy atom. The monoisotopic (exact) mass is 703 g/mol. The number of allylic oxidation sites excluding steroid dienone is 2. The van der Waals surface area contributed by atoms with Crippen molar-refractivity contribution >= 4 is 16.6 Å². The molecule has 1 radical (unpaired) electrons. The Labute approximate surface area is 248 Å². The molecule has 2 aromatic carbocycles. The second-order valence-electron chi connectivity index (χ2n) is 12.5. The van der Waals surface area contributed by atoms with E-state index in [0.29, 0.717) is 24.7 Å². The number of hydrogen-bond acceptors (Lipinski definition) is 3. The van der Waals surface area contributed by atoms with E-state index < -0.39 is 0 Å². The summed E-state index contributed by atoms with van der Waals surface area (Å²) in [6.45, 7) is 12.3. The van der Waals surface area contributed by atoms with E-state index >= 15 is 0 Å². The van der Waals surface area contributed by atoms with Crippen LogP contribution < -0.4 is 0 Å². The zero-order valence-corrected chi connectivity index (χ0v) is 26.8. The predicted molar refractivity (Wildman–Crippen MR) is 158 cm³/mol. The van der Waals surface area contributed by atoms with Gasteiger partial charge in [-0.2, -0.15) is 0 Å². The number of rotatable bonds is 7. The van der Waals surface area contributed by atoms with E-state index in [9.17, 15) is 9.90 Å². The Kier molecular flexibility index (Phi) is 11.1. The standard InChI is InChI=1S/C24H24N.C11H20O2.Ir/c1-15-9-16(2)11-21(10-15)24-23-14-20(6-5-18(23)7-8-25-24)22-13-17-3-4-19(22)12-17;1-8(2)5-10(12)7-11(13)6-9(3)4;/h5-10,14,17,19,22H,3-4,12-13H2,1-2H3;7-9,12H,5-6H2,1-4H3;/q-1;;/b;10-7-;. The van der Waals surface area contributed by atoms with Gasteiger partial charge in [-0.15, -0.1) is 34.9 Å². The van der Waals surface area contributed by atoms with E-state index in [2.05, 4.69) is 56.3 Å². The number of benzene rings is 2. The number of hydrogen-bond donors (Lipinski definition) is 1. The molecular formula is C35H44IrNO2-. The number of ketones is 1. The minimum absolute atomic E-state index is 0. The van der Waals surface area contributed by atoms with Crippen molar-refractivity contribution in [1.82, 2.24) is 4.98 Å². The molecule has 3 atom stereocenters.